The van der Waals surface area contributed by atoms with Crippen molar-refractivity contribution in [1.82, 2.24) is 5.32 Å². The molecule has 2 aliphatic heterocycles. The summed E-state index contributed by atoms with van der Waals surface area (Å²) in [6, 6.07) is 7.14. The van der Waals surface area contributed by atoms with Crippen molar-refractivity contribution in [1.29, 1.82) is 0 Å². The number of halogens is 1. The number of anilines is 1. The highest BCUT2D eigenvalue weighted by Gasteiger charge is 2.40. The van der Waals surface area contributed by atoms with E-state index in [1.54, 1.807) is 0 Å². The molecule has 2 N–H and O–H groups in total. The number of nitrogens with zero attached hydrogens (tertiary/aromatic N) is 1. The molecule has 1 aromatic carbocycles. The van der Waals surface area contributed by atoms with Crippen LogP contribution in [0.1, 0.15) is 38.2 Å². The van der Waals surface area contributed by atoms with Gasteiger partial charge in [0, 0.05) is 29.3 Å². The largest absolute Gasteiger partial charge is 0.393 e. The molecule has 0 saturated carbocycles. The van der Waals surface area contributed by atoms with E-state index in [-0.39, 0.29) is 6.10 Å². The molecule has 0 aromatic heterocycles. The predicted octanol–water partition coefficient (Wildman–Crippen LogP) is 2.94. The first-order valence-corrected chi connectivity index (χ1v) is 8.02. The Hall–Kier alpha value is -0.770. The molecule has 2 atom stereocenters. The second kappa shape index (κ2) is 5.92. The van der Waals surface area contributed by atoms with Gasteiger partial charge in [-0.05, 0) is 49.9 Å². The molecule has 2 heterocycles. The quantitative estimate of drug-likeness (QED) is 0.896. The topological polar surface area (TPSA) is 35.5 Å². The fourth-order valence-electron chi connectivity index (χ4n) is 3.73. The monoisotopic (exact) mass is 294 g/mol. The minimum Gasteiger partial charge on any atom is -0.393 e. The van der Waals surface area contributed by atoms with E-state index in [9.17, 15) is 5.11 Å². The molecule has 0 radical (unpaired) electrons. The van der Waals surface area contributed by atoms with Crippen LogP contribution >= 0.6 is 11.6 Å². The highest BCUT2D eigenvalue weighted by atomic mass is 35.5. The van der Waals surface area contributed by atoms with Crippen LogP contribution in [-0.2, 0) is 6.54 Å². The molecule has 0 amide bonds. The number of aliphatic hydroxyl groups is 1. The predicted molar refractivity (Wildman–Crippen MR) is 83.4 cm³/mol. The summed E-state index contributed by atoms with van der Waals surface area (Å²) in [5, 5.41) is 14.2. The maximum absolute atomic E-state index is 9.95. The van der Waals surface area contributed by atoms with Gasteiger partial charge in [-0.2, -0.15) is 0 Å². The van der Waals surface area contributed by atoms with Gasteiger partial charge in [0.05, 0.1) is 6.10 Å². The minimum atomic E-state index is -0.125. The van der Waals surface area contributed by atoms with E-state index in [1.165, 1.54) is 24.1 Å². The molecular weight excluding hydrogens is 272 g/mol. The van der Waals surface area contributed by atoms with Gasteiger partial charge in [0.25, 0.3) is 0 Å². The summed E-state index contributed by atoms with van der Waals surface area (Å²) in [6.07, 6.45) is 4.04. The van der Waals surface area contributed by atoms with E-state index in [0.717, 1.165) is 31.0 Å². The number of rotatable bonds is 4. The molecule has 2 aliphatic rings. The van der Waals surface area contributed by atoms with Crippen molar-refractivity contribution in [2.24, 2.45) is 0 Å². The lowest BCUT2D eigenvalue weighted by atomic mass is 9.97. The fourth-order valence-corrected chi connectivity index (χ4v) is 3.89. The van der Waals surface area contributed by atoms with Gasteiger partial charge in [-0.1, -0.05) is 24.6 Å². The van der Waals surface area contributed by atoms with Gasteiger partial charge < -0.3 is 15.3 Å². The van der Waals surface area contributed by atoms with Crippen molar-refractivity contribution in [2.45, 2.75) is 57.3 Å². The Morgan fingerprint density at radius 1 is 1.30 bits per heavy atom. The number of hydrogen-bond donors (Lipinski definition) is 2. The van der Waals surface area contributed by atoms with Crippen molar-refractivity contribution in [3.05, 3.63) is 28.8 Å². The van der Waals surface area contributed by atoms with Crippen LogP contribution in [0, 0.1) is 0 Å². The Balaban J connectivity index is 1.91. The molecule has 2 fully saturated rings. The first-order chi connectivity index (χ1) is 9.69. The Morgan fingerprint density at radius 2 is 2.00 bits per heavy atom. The number of nitrogens with one attached hydrogen (secondary N) is 1. The smallest absolute Gasteiger partial charge is 0.0579 e. The minimum absolute atomic E-state index is 0.125. The lowest BCUT2D eigenvalue weighted by molar-refractivity contribution is 0.126. The molecule has 1 aromatic rings. The number of aliphatic hydroxyl groups excluding tert-OH is 1. The first kappa shape index (κ1) is 14.2. The summed E-state index contributed by atoms with van der Waals surface area (Å²) in [4.78, 5) is 2.52. The summed E-state index contributed by atoms with van der Waals surface area (Å²) >= 11 is 6.22. The van der Waals surface area contributed by atoms with Crippen LogP contribution in [0.25, 0.3) is 0 Å². The van der Waals surface area contributed by atoms with E-state index in [0.29, 0.717) is 12.1 Å². The number of piperidine rings is 1. The summed E-state index contributed by atoms with van der Waals surface area (Å²) < 4.78 is 0. The van der Waals surface area contributed by atoms with Crippen LogP contribution in [0.4, 0.5) is 5.69 Å². The van der Waals surface area contributed by atoms with E-state index >= 15 is 0 Å². The third-order valence-corrected chi connectivity index (χ3v) is 4.83. The van der Waals surface area contributed by atoms with Crippen LogP contribution < -0.4 is 10.2 Å². The van der Waals surface area contributed by atoms with E-state index in [1.807, 2.05) is 6.07 Å². The molecule has 0 spiro atoms. The Kier molecular flexibility index (Phi) is 4.20. The van der Waals surface area contributed by atoms with Gasteiger partial charge in [-0.15, -0.1) is 0 Å². The Bertz CT molecular complexity index is 466. The van der Waals surface area contributed by atoms with Crippen LogP contribution in [0.15, 0.2) is 18.2 Å². The van der Waals surface area contributed by atoms with Gasteiger partial charge in [0.2, 0.25) is 0 Å². The number of fused-ring (bicyclic) bond motifs is 2. The third-order valence-electron chi connectivity index (χ3n) is 4.60. The van der Waals surface area contributed by atoms with Gasteiger partial charge in [-0.3, -0.25) is 0 Å². The van der Waals surface area contributed by atoms with Gasteiger partial charge in [-0.25, -0.2) is 0 Å². The average molecular weight is 295 g/mol. The van der Waals surface area contributed by atoms with Crippen molar-refractivity contribution in [3.63, 3.8) is 0 Å². The first-order valence-electron chi connectivity index (χ1n) is 7.64. The van der Waals surface area contributed by atoms with E-state index in [4.69, 9.17) is 11.6 Å². The highest BCUT2D eigenvalue weighted by Crippen LogP contribution is 2.41. The lowest BCUT2D eigenvalue weighted by Crippen LogP contribution is -2.45. The van der Waals surface area contributed by atoms with E-state index < -0.39 is 0 Å². The molecule has 3 rings (SSSR count). The molecule has 2 unspecified atom stereocenters. The zero-order chi connectivity index (χ0) is 14.1. The Morgan fingerprint density at radius 3 is 2.65 bits per heavy atom. The van der Waals surface area contributed by atoms with Gasteiger partial charge in [0.1, 0.15) is 0 Å². The molecule has 2 saturated heterocycles. The Labute approximate surface area is 125 Å². The lowest BCUT2D eigenvalue weighted by Gasteiger charge is -2.40. The van der Waals surface area contributed by atoms with Crippen molar-refractivity contribution in [3.8, 4) is 0 Å². The van der Waals surface area contributed by atoms with Crippen LogP contribution in [0.3, 0.4) is 0 Å². The molecule has 3 nitrogen and oxygen atoms in total. The molecule has 4 heteroatoms. The summed E-state index contributed by atoms with van der Waals surface area (Å²) in [5.41, 5.74) is 2.57. The maximum atomic E-state index is 9.95. The van der Waals surface area contributed by atoms with Crippen LogP contribution in [0.2, 0.25) is 5.02 Å². The fraction of sp³-hybridized carbons (Fsp3) is 0.625. The molecule has 110 valence electrons. The number of benzene rings is 1. The van der Waals surface area contributed by atoms with E-state index in [2.05, 4.69) is 29.3 Å². The normalized spacial score (nSPS) is 28.9. The molecular formula is C16H23ClN2O. The van der Waals surface area contributed by atoms with Gasteiger partial charge >= 0.3 is 0 Å². The maximum Gasteiger partial charge on any atom is 0.0579 e. The SMILES string of the molecule is CCNCc1ccc(Cl)cc1N1C2CCC1CC(O)C2. The van der Waals surface area contributed by atoms with Crippen LogP contribution in [-0.4, -0.2) is 29.8 Å². The molecule has 20 heavy (non-hydrogen) atoms. The second-order valence-corrected chi connectivity index (χ2v) is 6.41. The highest BCUT2D eigenvalue weighted by molar-refractivity contribution is 6.30. The zero-order valence-electron chi connectivity index (χ0n) is 12.0. The second-order valence-electron chi connectivity index (χ2n) is 5.97. The molecule has 2 bridgehead atoms. The average Bonchev–Trinajstić information content (AvgIpc) is 2.69. The van der Waals surface area contributed by atoms with Gasteiger partial charge in [0.15, 0.2) is 0 Å². The standard InChI is InChI=1S/C16H23ClN2O/c1-2-18-10-11-3-4-12(17)7-16(11)19-13-5-6-14(19)9-15(20)8-13/h3-4,7,13-15,18,20H,2,5-6,8-10H2,1H3. The molecule has 0 aliphatic carbocycles. The summed E-state index contributed by atoms with van der Waals surface area (Å²) in [6.45, 7) is 3.96. The summed E-state index contributed by atoms with van der Waals surface area (Å²) in [5.74, 6) is 0. The number of hydrogen-bond acceptors (Lipinski definition) is 3. The summed E-state index contributed by atoms with van der Waals surface area (Å²) in [7, 11) is 0. The van der Waals surface area contributed by atoms with Crippen molar-refractivity contribution >= 4 is 17.3 Å². The van der Waals surface area contributed by atoms with Crippen molar-refractivity contribution < 1.29 is 5.11 Å². The zero-order valence-corrected chi connectivity index (χ0v) is 12.7. The van der Waals surface area contributed by atoms with Crippen molar-refractivity contribution in [2.75, 3.05) is 11.4 Å². The van der Waals surface area contributed by atoms with Crippen LogP contribution in [0.5, 0.6) is 0 Å². The third kappa shape index (κ3) is 2.67.